The Labute approximate surface area is 183 Å². The van der Waals surface area contributed by atoms with Gasteiger partial charge in [0.15, 0.2) is 0 Å². The Hall–Kier alpha value is -2.97. The van der Waals surface area contributed by atoms with Gasteiger partial charge >= 0.3 is 0 Å². The molecular formula is C23H30N6O2. The molecule has 4 heterocycles. The van der Waals surface area contributed by atoms with Crippen LogP contribution < -0.4 is 10.6 Å². The Morgan fingerprint density at radius 1 is 1.19 bits per heavy atom. The van der Waals surface area contributed by atoms with Crippen molar-refractivity contribution in [2.45, 2.75) is 25.4 Å². The van der Waals surface area contributed by atoms with E-state index in [1.54, 1.807) is 6.20 Å². The number of anilines is 3. The summed E-state index contributed by atoms with van der Waals surface area (Å²) in [5.41, 5.74) is 1.17. The fourth-order valence-corrected chi connectivity index (χ4v) is 4.04. The molecule has 2 aromatic heterocycles. The molecule has 0 aromatic carbocycles. The molecule has 2 saturated heterocycles. The molecule has 1 atom stereocenters. The number of carbonyl (C=O) groups is 1. The Kier molecular flexibility index (Phi) is 7.11. The van der Waals surface area contributed by atoms with E-state index in [2.05, 4.69) is 39.2 Å². The van der Waals surface area contributed by atoms with Gasteiger partial charge in [0, 0.05) is 45.0 Å². The zero-order valence-corrected chi connectivity index (χ0v) is 17.8. The van der Waals surface area contributed by atoms with E-state index in [1.807, 2.05) is 23.1 Å². The fourth-order valence-electron chi connectivity index (χ4n) is 4.04. The Morgan fingerprint density at radius 3 is 2.81 bits per heavy atom. The Bertz CT molecular complexity index is 885. The quantitative estimate of drug-likeness (QED) is 0.664. The van der Waals surface area contributed by atoms with Crippen LogP contribution in [0.1, 0.15) is 18.4 Å². The number of rotatable bonds is 7. The van der Waals surface area contributed by atoms with E-state index in [0.29, 0.717) is 6.54 Å². The minimum atomic E-state index is -0.0157. The molecule has 8 nitrogen and oxygen atoms in total. The first-order chi connectivity index (χ1) is 15.2. The van der Waals surface area contributed by atoms with Gasteiger partial charge in [-0.2, -0.15) is 0 Å². The summed E-state index contributed by atoms with van der Waals surface area (Å²) in [6.45, 7) is 9.27. The molecule has 1 unspecified atom stereocenters. The maximum absolute atomic E-state index is 12.0. The van der Waals surface area contributed by atoms with Crippen molar-refractivity contribution in [1.82, 2.24) is 19.8 Å². The number of likely N-dealkylation sites (tertiary alicyclic amines) is 1. The van der Waals surface area contributed by atoms with Gasteiger partial charge in [0.2, 0.25) is 5.91 Å². The second-order valence-electron chi connectivity index (χ2n) is 7.95. The average molecular weight is 423 g/mol. The van der Waals surface area contributed by atoms with Crippen molar-refractivity contribution in [3.8, 4) is 0 Å². The highest BCUT2D eigenvalue weighted by Crippen LogP contribution is 2.22. The SMILES string of the molecule is C=CC(=O)N1CCCC(Nc2cc(CN3CCOCC3)cc(Nc3ccccn3)n2)C1. The number of hydrogen-bond donors (Lipinski definition) is 2. The number of morpholine rings is 1. The van der Waals surface area contributed by atoms with Crippen LogP contribution in [-0.2, 0) is 16.1 Å². The lowest BCUT2D eigenvalue weighted by atomic mass is 10.1. The number of nitrogens with zero attached hydrogens (tertiary/aromatic N) is 4. The third kappa shape index (κ3) is 6.02. The molecule has 1 amide bonds. The van der Waals surface area contributed by atoms with Crippen LogP contribution in [0.2, 0.25) is 0 Å². The van der Waals surface area contributed by atoms with Crippen molar-refractivity contribution in [1.29, 1.82) is 0 Å². The van der Waals surface area contributed by atoms with E-state index in [9.17, 15) is 4.79 Å². The van der Waals surface area contributed by atoms with Crippen LogP contribution in [-0.4, -0.2) is 71.1 Å². The normalized spacial score (nSPS) is 19.6. The largest absolute Gasteiger partial charge is 0.379 e. The van der Waals surface area contributed by atoms with Gasteiger partial charge in [0.1, 0.15) is 17.5 Å². The summed E-state index contributed by atoms with van der Waals surface area (Å²) in [7, 11) is 0. The van der Waals surface area contributed by atoms with E-state index in [1.165, 1.54) is 11.6 Å². The van der Waals surface area contributed by atoms with Gasteiger partial charge in [0.05, 0.1) is 13.2 Å². The minimum Gasteiger partial charge on any atom is -0.379 e. The predicted molar refractivity (Wildman–Crippen MR) is 121 cm³/mol. The highest BCUT2D eigenvalue weighted by molar-refractivity contribution is 5.87. The summed E-state index contributed by atoms with van der Waals surface area (Å²) in [4.78, 5) is 25.4. The lowest BCUT2D eigenvalue weighted by Crippen LogP contribution is -2.44. The van der Waals surface area contributed by atoms with Crippen LogP contribution in [0.3, 0.4) is 0 Å². The summed E-state index contributed by atoms with van der Waals surface area (Å²) in [5.74, 6) is 2.30. The minimum absolute atomic E-state index is 0.0157. The number of piperidine rings is 1. The molecule has 0 spiro atoms. The molecule has 31 heavy (non-hydrogen) atoms. The molecule has 2 aliphatic rings. The van der Waals surface area contributed by atoms with E-state index >= 15 is 0 Å². The second kappa shape index (κ2) is 10.4. The summed E-state index contributed by atoms with van der Waals surface area (Å²) in [5, 5.41) is 6.86. The molecule has 164 valence electrons. The molecule has 0 aliphatic carbocycles. The standard InChI is InChI=1S/C23H30N6O2/c1-2-23(30)29-9-5-6-19(17-29)25-21-14-18(16-28-10-12-31-13-11-28)15-22(27-21)26-20-7-3-4-8-24-20/h2-4,7-8,14-15,19H,1,5-6,9-13,16-17H2,(H2,24,25,26,27). The molecule has 2 N–H and O–H groups in total. The zero-order valence-electron chi connectivity index (χ0n) is 17.8. The lowest BCUT2D eigenvalue weighted by Gasteiger charge is -2.33. The Morgan fingerprint density at radius 2 is 2.03 bits per heavy atom. The molecule has 2 fully saturated rings. The smallest absolute Gasteiger partial charge is 0.246 e. The van der Waals surface area contributed by atoms with Crippen LogP contribution in [0.25, 0.3) is 0 Å². The molecular weight excluding hydrogens is 392 g/mol. The van der Waals surface area contributed by atoms with Gasteiger partial charge in [-0.3, -0.25) is 9.69 Å². The summed E-state index contributed by atoms with van der Waals surface area (Å²) in [6, 6.07) is 10.1. The second-order valence-corrected chi connectivity index (χ2v) is 7.95. The summed E-state index contributed by atoms with van der Waals surface area (Å²) in [6.07, 6.45) is 5.10. The van der Waals surface area contributed by atoms with Crippen molar-refractivity contribution in [3.63, 3.8) is 0 Å². The predicted octanol–water partition coefficient (Wildman–Crippen LogP) is 2.64. The van der Waals surface area contributed by atoms with Crippen LogP contribution in [0, 0.1) is 0 Å². The topological polar surface area (TPSA) is 82.6 Å². The van der Waals surface area contributed by atoms with Crippen molar-refractivity contribution in [2.75, 3.05) is 50.0 Å². The van der Waals surface area contributed by atoms with Gasteiger partial charge in [-0.15, -0.1) is 0 Å². The van der Waals surface area contributed by atoms with E-state index in [0.717, 1.165) is 69.7 Å². The van der Waals surface area contributed by atoms with Crippen molar-refractivity contribution >= 4 is 23.4 Å². The van der Waals surface area contributed by atoms with Gasteiger partial charge in [-0.05, 0) is 48.7 Å². The van der Waals surface area contributed by atoms with Crippen molar-refractivity contribution in [3.05, 3.63) is 54.7 Å². The number of ether oxygens (including phenoxy) is 1. The maximum Gasteiger partial charge on any atom is 0.246 e. The molecule has 8 heteroatoms. The number of nitrogens with one attached hydrogen (secondary N) is 2. The zero-order chi connectivity index (χ0) is 21.5. The van der Waals surface area contributed by atoms with Crippen LogP contribution in [0.5, 0.6) is 0 Å². The van der Waals surface area contributed by atoms with Gasteiger partial charge in [-0.25, -0.2) is 9.97 Å². The molecule has 4 rings (SSSR count). The Balaban J connectivity index is 1.51. The number of aromatic nitrogens is 2. The number of hydrogen-bond acceptors (Lipinski definition) is 7. The first-order valence-electron chi connectivity index (χ1n) is 10.9. The molecule has 0 bridgehead atoms. The molecule has 0 saturated carbocycles. The summed E-state index contributed by atoms with van der Waals surface area (Å²) < 4.78 is 5.48. The van der Waals surface area contributed by atoms with E-state index < -0.39 is 0 Å². The first kappa shape index (κ1) is 21.3. The number of carbonyl (C=O) groups excluding carboxylic acids is 1. The van der Waals surface area contributed by atoms with E-state index in [4.69, 9.17) is 9.72 Å². The molecule has 2 aromatic rings. The van der Waals surface area contributed by atoms with Crippen molar-refractivity contribution in [2.24, 2.45) is 0 Å². The van der Waals surface area contributed by atoms with Gasteiger partial charge in [-0.1, -0.05) is 12.6 Å². The number of amides is 1. The van der Waals surface area contributed by atoms with Crippen LogP contribution >= 0.6 is 0 Å². The highest BCUT2D eigenvalue weighted by Gasteiger charge is 2.23. The number of pyridine rings is 2. The van der Waals surface area contributed by atoms with E-state index in [-0.39, 0.29) is 11.9 Å². The average Bonchev–Trinajstić information content (AvgIpc) is 2.80. The lowest BCUT2D eigenvalue weighted by molar-refractivity contribution is -0.127. The highest BCUT2D eigenvalue weighted by atomic mass is 16.5. The summed E-state index contributed by atoms with van der Waals surface area (Å²) >= 11 is 0. The molecule has 2 aliphatic heterocycles. The van der Waals surface area contributed by atoms with Gasteiger partial charge < -0.3 is 20.3 Å². The maximum atomic E-state index is 12.0. The monoisotopic (exact) mass is 422 g/mol. The fraction of sp³-hybridized carbons (Fsp3) is 0.435. The van der Waals surface area contributed by atoms with Crippen molar-refractivity contribution < 1.29 is 9.53 Å². The van der Waals surface area contributed by atoms with Crippen LogP contribution in [0.15, 0.2) is 49.2 Å². The first-order valence-corrected chi connectivity index (χ1v) is 10.9. The third-order valence-electron chi connectivity index (χ3n) is 5.58. The van der Waals surface area contributed by atoms with Crippen LogP contribution in [0.4, 0.5) is 17.5 Å². The third-order valence-corrected chi connectivity index (χ3v) is 5.58. The molecule has 0 radical (unpaired) electrons. The van der Waals surface area contributed by atoms with Gasteiger partial charge in [0.25, 0.3) is 0 Å².